The van der Waals surface area contributed by atoms with E-state index in [4.69, 9.17) is 9.84 Å². The molecule has 1 unspecified atom stereocenters. The number of hydrogen-bond acceptors (Lipinski definition) is 4. The Hall–Kier alpha value is -2.08. The van der Waals surface area contributed by atoms with Crippen LogP contribution in [0.25, 0.3) is 0 Å². The van der Waals surface area contributed by atoms with Crippen LogP contribution in [-0.4, -0.2) is 40.8 Å². The lowest BCUT2D eigenvalue weighted by Crippen LogP contribution is -2.47. The van der Waals surface area contributed by atoms with Crippen molar-refractivity contribution >= 4 is 11.9 Å². The molecule has 26 heavy (non-hydrogen) atoms. The largest absolute Gasteiger partial charge is 0.483 e. The van der Waals surface area contributed by atoms with Crippen molar-refractivity contribution in [3.63, 3.8) is 0 Å². The number of carboxylic acids is 1. The third-order valence-corrected chi connectivity index (χ3v) is 4.10. The van der Waals surface area contributed by atoms with Gasteiger partial charge in [-0.3, -0.25) is 4.79 Å². The van der Waals surface area contributed by atoms with Gasteiger partial charge in [0.1, 0.15) is 5.75 Å². The molecule has 0 fully saturated rings. The first-order chi connectivity index (χ1) is 11.6. The van der Waals surface area contributed by atoms with E-state index in [-0.39, 0.29) is 24.0 Å². The van der Waals surface area contributed by atoms with Gasteiger partial charge in [0.25, 0.3) is 5.91 Å². The Labute approximate surface area is 155 Å². The molecule has 0 radical (unpaired) electrons. The monoisotopic (exact) mass is 365 g/mol. The van der Waals surface area contributed by atoms with Gasteiger partial charge < -0.3 is 20.3 Å². The van der Waals surface area contributed by atoms with Gasteiger partial charge in [-0.1, -0.05) is 53.7 Å². The van der Waals surface area contributed by atoms with Crippen molar-refractivity contribution < 1.29 is 24.5 Å². The maximum Gasteiger partial charge on any atom is 0.337 e. The molecule has 0 aliphatic carbocycles. The summed E-state index contributed by atoms with van der Waals surface area (Å²) in [6, 6.07) is 5.95. The van der Waals surface area contributed by atoms with Crippen LogP contribution in [0.15, 0.2) is 18.2 Å². The lowest BCUT2D eigenvalue weighted by molar-refractivity contribution is -0.156. The Morgan fingerprint density at radius 3 is 2.08 bits per heavy atom. The zero-order valence-corrected chi connectivity index (χ0v) is 16.8. The number of rotatable bonds is 6. The number of benzene rings is 1. The molecule has 1 atom stereocenters. The minimum Gasteiger partial charge on any atom is -0.483 e. The van der Waals surface area contributed by atoms with E-state index >= 15 is 0 Å². The molecule has 0 aliphatic rings. The first-order valence-electron chi connectivity index (χ1n) is 8.65. The molecule has 146 valence electrons. The van der Waals surface area contributed by atoms with Crippen LogP contribution >= 0.6 is 0 Å². The van der Waals surface area contributed by atoms with Gasteiger partial charge in [0.2, 0.25) is 0 Å². The Kier molecular flexibility index (Phi) is 6.47. The summed E-state index contributed by atoms with van der Waals surface area (Å²) in [5, 5.41) is 20.8. The highest BCUT2D eigenvalue weighted by Gasteiger charge is 2.30. The normalized spacial score (nSPS) is 14.5. The van der Waals surface area contributed by atoms with Crippen LogP contribution in [0.2, 0.25) is 0 Å². The summed E-state index contributed by atoms with van der Waals surface area (Å²) < 4.78 is 5.68. The fourth-order valence-electron chi connectivity index (χ4n) is 2.25. The number of carboxylic acid groups (broad SMARTS) is 1. The molecule has 3 N–H and O–H groups in total. The number of nitrogens with one attached hydrogen (secondary N) is 1. The van der Waals surface area contributed by atoms with Gasteiger partial charge in [0.15, 0.2) is 12.2 Å². The third-order valence-electron chi connectivity index (χ3n) is 4.10. The lowest BCUT2D eigenvalue weighted by Gasteiger charge is -2.27. The molecule has 0 aliphatic heterocycles. The molecule has 1 aromatic rings. The molecule has 0 saturated heterocycles. The zero-order chi connectivity index (χ0) is 20.3. The van der Waals surface area contributed by atoms with E-state index < -0.39 is 17.5 Å². The summed E-state index contributed by atoms with van der Waals surface area (Å²) in [6.07, 6.45) is 0. The highest BCUT2D eigenvalue weighted by Crippen LogP contribution is 2.35. The topological polar surface area (TPSA) is 95.9 Å². The standard InChI is InChI=1S/C20H31NO5/c1-18(2,3)13-8-9-15(14(10-13)19(4,5)6)26-11-16(22)21-12-20(7,25)17(23)24/h8-10,25H,11-12H2,1-7H3,(H,21,22)(H,23,24). The van der Waals surface area contributed by atoms with Gasteiger partial charge in [0, 0.05) is 0 Å². The lowest BCUT2D eigenvalue weighted by atomic mass is 9.80. The molecular weight excluding hydrogens is 334 g/mol. The molecule has 0 aromatic heterocycles. The average molecular weight is 365 g/mol. The van der Waals surface area contributed by atoms with Gasteiger partial charge >= 0.3 is 5.97 Å². The zero-order valence-electron chi connectivity index (χ0n) is 16.8. The molecule has 1 aromatic carbocycles. The van der Waals surface area contributed by atoms with Crippen molar-refractivity contribution in [2.45, 2.75) is 64.9 Å². The predicted molar refractivity (Wildman–Crippen MR) is 101 cm³/mol. The maximum atomic E-state index is 11.9. The average Bonchev–Trinajstić information content (AvgIpc) is 2.48. The molecule has 1 rings (SSSR count). The molecule has 6 heteroatoms. The molecule has 1 amide bonds. The first kappa shape index (κ1) is 22.0. The van der Waals surface area contributed by atoms with E-state index in [1.165, 1.54) is 5.56 Å². The summed E-state index contributed by atoms with van der Waals surface area (Å²) in [5.74, 6) is -1.27. The number of aliphatic carboxylic acids is 1. The van der Waals surface area contributed by atoms with Crippen molar-refractivity contribution in [1.29, 1.82) is 0 Å². The summed E-state index contributed by atoms with van der Waals surface area (Å²) in [4.78, 5) is 22.8. The van der Waals surface area contributed by atoms with Gasteiger partial charge in [-0.15, -0.1) is 0 Å². The van der Waals surface area contributed by atoms with Crippen LogP contribution in [0.3, 0.4) is 0 Å². The molecule has 6 nitrogen and oxygen atoms in total. The van der Waals surface area contributed by atoms with E-state index in [0.717, 1.165) is 12.5 Å². The molecule has 0 bridgehead atoms. The van der Waals surface area contributed by atoms with Crippen molar-refractivity contribution in [2.75, 3.05) is 13.2 Å². The smallest absolute Gasteiger partial charge is 0.337 e. The summed E-state index contributed by atoms with van der Waals surface area (Å²) in [5.41, 5.74) is -0.00845. The molecule has 0 heterocycles. The van der Waals surface area contributed by atoms with E-state index in [2.05, 4.69) is 52.9 Å². The minimum absolute atomic E-state index is 0.00167. The van der Waals surface area contributed by atoms with Gasteiger partial charge in [-0.05, 0) is 34.9 Å². The van der Waals surface area contributed by atoms with E-state index in [1.54, 1.807) is 0 Å². The number of amides is 1. The summed E-state index contributed by atoms with van der Waals surface area (Å²) in [6.45, 7) is 13.1. The van der Waals surface area contributed by atoms with Crippen LogP contribution < -0.4 is 10.1 Å². The van der Waals surface area contributed by atoms with Crippen LogP contribution in [0.5, 0.6) is 5.75 Å². The van der Waals surface area contributed by atoms with Gasteiger partial charge in [-0.25, -0.2) is 4.79 Å². The van der Waals surface area contributed by atoms with Crippen LogP contribution in [0, 0.1) is 0 Å². The van der Waals surface area contributed by atoms with Crippen molar-refractivity contribution in [2.24, 2.45) is 0 Å². The number of ether oxygens (including phenoxy) is 1. The second-order valence-corrected chi connectivity index (χ2v) is 8.86. The Balaban J connectivity index is 2.87. The van der Waals surface area contributed by atoms with Crippen molar-refractivity contribution in [3.8, 4) is 5.75 Å². The van der Waals surface area contributed by atoms with Gasteiger partial charge in [0.05, 0.1) is 6.54 Å². The van der Waals surface area contributed by atoms with E-state index in [1.807, 2.05) is 12.1 Å². The van der Waals surface area contributed by atoms with E-state index in [0.29, 0.717) is 5.75 Å². The van der Waals surface area contributed by atoms with Crippen LogP contribution in [-0.2, 0) is 20.4 Å². The number of aliphatic hydroxyl groups is 1. The summed E-state index contributed by atoms with van der Waals surface area (Å²) in [7, 11) is 0. The summed E-state index contributed by atoms with van der Waals surface area (Å²) >= 11 is 0. The Bertz CT molecular complexity index is 666. The second kappa shape index (κ2) is 7.66. The van der Waals surface area contributed by atoms with Crippen LogP contribution in [0.1, 0.15) is 59.6 Å². The molecule has 0 saturated carbocycles. The first-order valence-corrected chi connectivity index (χ1v) is 8.65. The number of hydrogen-bond donors (Lipinski definition) is 3. The number of carbonyl (C=O) groups excluding carboxylic acids is 1. The molecule has 0 spiro atoms. The Morgan fingerprint density at radius 1 is 1.04 bits per heavy atom. The second-order valence-electron chi connectivity index (χ2n) is 8.86. The number of carbonyl (C=O) groups is 2. The van der Waals surface area contributed by atoms with Crippen LogP contribution in [0.4, 0.5) is 0 Å². The fraction of sp³-hybridized carbons (Fsp3) is 0.600. The Morgan fingerprint density at radius 2 is 1.62 bits per heavy atom. The SMILES string of the molecule is CC(O)(CNC(=O)COc1ccc(C(C)(C)C)cc1C(C)(C)C)C(=O)O. The van der Waals surface area contributed by atoms with Gasteiger partial charge in [-0.2, -0.15) is 0 Å². The van der Waals surface area contributed by atoms with E-state index in [9.17, 15) is 14.7 Å². The minimum atomic E-state index is -2.01. The third kappa shape index (κ3) is 6.02. The fourth-order valence-corrected chi connectivity index (χ4v) is 2.25. The highest BCUT2D eigenvalue weighted by molar-refractivity contribution is 5.81. The van der Waals surface area contributed by atoms with Crippen molar-refractivity contribution in [1.82, 2.24) is 5.32 Å². The molecular formula is C20H31NO5. The quantitative estimate of drug-likeness (QED) is 0.720. The van der Waals surface area contributed by atoms with Crippen molar-refractivity contribution in [3.05, 3.63) is 29.3 Å². The highest BCUT2D eigenvalue weighted by atomic mass is 16.5. The predicted octanol–water partition coefficient (Wildman–Crippen LogP) is 2.61. The maximum absolute atomic E-state index is 11.9.